The number of rotatable bonds is 7. The molecule has 0 unspecified atom stereocenters. The van der Waals surface area contributed by atoms with Crippen LogP contribution in [-0.4, -0.2) is 34.4 Å². The van der Waals surface area contributed by atoms with Gasteiger partial charge in [0, 0.05) is 29.9 Å². The van der Waals surface area contributed by atoms with Crippen LogP contribution in [0.1, 0.15) is 60.2 Å². The average molecular weight is 524 g/mol. The second kappa shape index (κ2) is 9.09. The van der Waals surface area contributed by atoms with Crippen LogP contribution in [0.25, 0.3) is 27.8 Å². The molecule has 196 valence electrons. The van der Waals surface area contributed by atoms with Crippen LogP contribution in [-0.2, 0) is 13.0 Å². The molecule has 39 heavy (non-hydrogen) atoms. The van der Waals surface area contributed by atoms with E-state index in [1.807, 2.05) is 16.9 Å². The van der Waals surface area contributed by atoms with Gasteiger partial charge in [-0.05, 0) is 66.3 Å². The quantitative estimate of drug-likeness (QED) is 0.330. The third-order valence-electron chi connectivity index (χ3n) is 7.47. The van der Waals surface area contributed by atoms with Crippen LogP contribution in [0.3, 0.4) is 0 Å². The summed E-state index contributed by atoms with van der Waals surface area (Å²) < 4.78 is 18.4. The number of aromatic nitrogens is 6. The fourth-order valence-corrected chi connectivity index (χ4v) is 5.20. The maximum Gasteiger partial charge on any atom is 0.265 e. The molecule has 3 aromatic heterocycles. The lowest BCUT2D eigenvalue weighted by Gasteiger charge is -2.15. The van der Waals surface area contributed by atoms with Crippen molar-refractivity contribution in [3.8, 4) is 17.1 Å². The van der Waals surface area contributed by atoms with Gasteiger partial charge in [-0.25, -0.2) is 9.37 Å². The van der Waals surface area contributed by atoms with E-state index in [4.69, 9.17) is 5.73 Å². The molecule has 0 atom stereocenters. The van der Waals surface area contributed by atoms with Crippen LogP contribution >= 0.6 is 0 Å². The summed E-state index contributed by atoms with van der Waals surface area (Å²) in [6.07, 6.45) is 10.2. The van der Waals surface area contributed by atoms with Gasteiger partial charge in [-0.3, -0.25) is 14.0 Å². The number of nitrogens with two attached hydrogens (primary N) is 1. The van der Waals surface area contributed by atoms with Crippen LogP contribution < -0.4 is 11.3 Å². The molecule has 9 nitrogen and oxygen atoms in total. The summed E-state index contributed by atoms with van der Waals surface area (Å²) >= 11 is 0. The maximum atomic E-state index is 15.1. The highest BCUT2D eigenvalue weighted by Gasteiger charge is 2.26. The Morgan fingerprint density at radius 3 is 2.69 bits per heavy atom. The Hall–Kier alpha value is -4.44. The van der Waals surface area contributed by atoms with Gasteiger partial charge in [-0.1, -0.05) is 18.2 Å². The van der Waals surface area contributed by atoms with E-state index in [-0.39, 0.29) is 17.2 Å². The Kier molecular flexibility index (Phi) is 5.52. The molecule has 2 aliphatic rings. The Morgan fingerprint density at radius 1 is 1.08 bits per heavy atom. The van der Waals surface area contributed by atoms with E-state index in [1.54, 1.807) is 36.7 Å². The van der Waals surface area contributed by atoms with Crippen molar-refractivity contribution < 1.29 is 9.50 Å². The largest absolute Gasteiger partial charge is 0.392 e. The Morgan fingerprint density at radius 2 is 1.92 bits per heavy atom. The van der Waals surface area contributed by atoms with E-state index in [1.165, 1.54) is 10.6 Å². The lowest BCUT2D eigenvalue weighted by molar-refractivity contribution is 0.282. The first-order valence-corrected chi connectivity index (χ1v) is 13.1. The molecule has 2 aromatic carbocycles. The lowest BCUT2D eigenvalue weighted by Crippen LogP contribution is -2.20. The molecule has 2 aliphatic carbocycles. The van der Waals surface area contributed by atoms with E-state index in [2.05, 4.69) is 20.1 Å². The molecule has 7 rings (SSSR count). The predicted octanol–water partition coefficient (Wildman–Crippen LogP) is 4.06. The number of hydrogen-bond acceptors (Lipinski definition) is 7. The molecule has 0 radical (unpaired) electrons. The van der Waals surface area contributed by atoms with Crippen molar-refractivity contribution in [1.29, 1.82) is 0 Å². The minimum Gasteiger partial charge on any atom is -0.392 e. The second-order valence-electron chi connectivity index (χ2n) is 10.4. The summed E-state index contributed by atoms with van der Waals surface area (Å²) in [4.78, 5) is 26.8. The molecule has 0 spiro atoms. The van der Waals surface area contributed by atoms with E-state index >= 15 is 4.39 Å². The van der Waals surface area contributed by atoms with Gasteiger partial charge in [-0.15, -0.1) is 0 Å². The van der Waals surface area contributed by atoms with Crippen molar-refractivity contribution >= 4 is 16.7 Å². The van der Waals surface area contributed by atoms with Crippen LogP contribution in [0, 0.1) is 5.82 Å². The fraction of sp³-hybridized carbons (Fsp3) is 0.276. The average Bonchev–Trinajstić information content (AvgIpc) is 3.86. The minimum atomic E-state index is -0.532. The molecule has 2 saturated carbocycles. The summed E-state index contributed by atoms with van der Waals surface area (Å²) in [5.41, 5.74) is 8.80. The summed E-state index contributed by atoms with van der Waals surface area (Å²) in [5.74, 6) is 0.646. The van der Waals surface area contributed by atoms with Gasteiger partial charge in [0.05, 0.1) is 29.9 Å². The number of nitrogen functional groups attached to an aromatic ring is 1. The van der Waals surface area contributed by atoms with Crippen LogP contribution in [0.15, 0.2) is 59.8 Å². The number of hydrogen-bond donors (Lipinski definition) is 2. The van der Waals surface area contributed by atoms with Gasteiger partial charge in [-0.2, -0.15) is 15.1 Å². The number of halogens is 1. The molecular formula is C29H26FN7O2. The summed E-state index contributed by atoms with van der Waals surface area (Å²) in [6, 6.07) is 10.8. The van der Waals surface area contributed by atoms with Gasteiger partial charge in [0.15, 0.2) is 5.82 Å². The molecule has 0 bridgehead atoms. The zero-order valence-electron chi connectivity index (χ0n) is 21.1. The van der Waals surface area contributed by atoms with Crippen LogP contribution in [0.2, 0.25) is 0 Å². The fourth-order valence-electron chi connectivity index (χ4n) is 5.20. The predicted molar refractivity (Wildman–Crippen MR) is 144 cm³/mol. The van der Waals surface area contributed by atoms with Crippen LogP contribution in [0.5, 0.6) is 0 Å². The first-order chi connectivity index (χ1) is 19.0. The topological polar surface area (TPSA) is 125 Å². The van der Waals surface area contributed by atoms with Crippen molar-refractivity contribution in [2.75, 3.05) is 5.73 Å². The Labute approximate surface area is 222 Å². The highest BCUT2D eigenvalue weighted by atomic mass is 19.1. The second-order valence-corrected chi connectivity index (χ2v) is 10.4. The van der Waals surface area contributed by atoms with E-state index in [9.17, 15) is 9.90 Å². The van der Waals surface area contributed by atoms with Crippen molar-refractivity contribution in [2.45, 2.75) is 50.7 Å². The molecule has 5 aromatic rings. The number of aliphatic hydroxyl groups excluding tert-OH is 1. The first-order valence-electron chi connectivity index (χ1n) is 13.1. The molecule has 0 amide bonds. The summed E-state index contributed by atoms with van der Waals surface area (Å²) in [5, 5.41) is 15.4. The van der Waals surface area contributed by atoms with E-state index in [0.717, 1.165) is 36.8 Å². The third kappa shape index (κ3) is 4.36. The number of pyridine rings is 1. The van der Waals surface area contributed by atoms with Crippen molar-refractivity contribution in [2.24, 2.45) is 0 Å². The van der Waals surface area contributed by atoms with Gasteiger partial charge in [0.2, 0.25) is 5.95 Å². The molecule has 10 heteroatoms. The lowest BCUT2D eigenvalue weighted by atomic mass is 10.0. The Bertz CT molecular complexity index is 1800. The molecular weight excluding hydrogens is 497 g/mol. The number of benzene rings is 2. The van der Waals surface area contributed by atoms with Gasteiger partial charge in [0.25, 0.3) is 5.56 Å². The monoisotopic (exact) mass is 523 g/mol. The van der Waals surface area contributed by atoms with E-state index < -0.39 is 18.0 Å². The van der Waals surface area contributed by atoms with Gasteiger partial charge < -0.3 is 10.8 Å². The van der Waals surface area contributed by atoms with E-state index in [0.29, 0.717) is 46.4 Å². The number of nitrogens with zero attached hydrogens (tertiary/aromatic N) is 6. The first kappa shape index (κ1) is 23.7. The van der Waals surface area contributed by atoms with Crippen molar-refractivity contribution in [1.82, 2.24) is 29.3 Å². The normalized spacial score (nSPS) is 15.2. The molecule has 0 aliphatic heterocycles. The number of fused-ring (bicyclic) bond motifs is 1. The zero-order valence-corrected chi connectivity index (χ0v) is 21.1. The van der Waals surface area contributed by atoms with Crippen molar-refractivity contribution in [3.05, 3.63) is 93.7 Å². The highest BCUT2D eigenvalue weighted by Crippen LogP contribution is 2.41. The van der Waals surface area contributed by atoms with Gasteiger partial charge in [0.1, 0.15) is 11.6 Å². The standard InChI is InChI=1S/C29H26FN7O2/c30-23-12-19(17-4-5-17)11-18-8-9-36(28(39)26(18)23)24-3-1-2-21(22(24)15-38)27-33-25(34-29(31)35-27)10-16-13-32-37(14-16)20-6-7-20/h1-3,8-9,11-14,17,20,38H,4-7,10,15H2,(H2,31,33,34,35). The summed E-state index contributed by atoms with van der Waals surface area (Å²) in [7, 11) is 0. The molecule has 0 saturated heterocycles. The molecule has 3 heterocycles. The number of anilines is 1. The zero-order chi connectivity index (χ0) is 26.7. The smallest absolute Gasteiger partial charge is 0.265 e. The SMILES string of the molecule is Nc1nc(Cc2cnn(C3CC3)c2)nc(-c2cccc(-n3ccc4cc(C5CC5)cc(F)c4c3=O)c2CO)n1. The highest BCUT2D eigenvalue weighted by molar-refractivity contribution is 5.83. The number of aliphatic hydroxyl groups is 1. The molecule has 2 fully saturated rings. The van der Waals surface area contributed by atoms with Gasteiger partial charge >= 0.3 is 0 Å². The molecule has 3 N–H and O–H groups in total. The Balaban J connectivity index is 1.29. The summed E-state index contributed by atoms with van der Waals surface area (Å²) in [6.45, 7) is -0.395. The van der Waals surface area contributed by atoms with Crippen LogP contribution in [0.4, 0.5) is 10.3 Å². The minimum absolute atomic E-state index is 0.0228. The van der Waals surface area contributed by atoms with Crippen molar-refractivity contribution in [3.63, 3.8) is 0 Å². The maximum absolute atomic E-state index is 15.1. The third-order valence-corrected chi connectivity index (χ3v) is 7.47.